The summed E-state index contributed by atoms with van der Waals surface area (Å²) in [4.78, 5) is 14.0. The number of likely N-dealkylation sites (N-methyl/N-ethyl adjacent to an activating group) is 1. The third-order valence-corrected chi connectivity index (χ3v) is 5.71. The first-order chi connectivity index (χ1) is 12.4. The van der Waals surface area contributed by atoms with Crippen LogP contribution in [0.5, 0.6) is 0 Å². The third-order valence-electron chi connectivity index (χ3n) is 4.25. The Morgan fingerprint density at radius 2 is 1.92 bits per heavy atom. The number of nitrogens with one attached hydrogen (secondary N) is 1. The minimum Gasteiger partial charge on any atom is -0.408 e. The molecule has 1 aromatic heterocycles. The van der Waals surface area contributed by atoms with E-state index < -0.39 is 15.8 Å². The van der Waals surface area contributed by atoms with Gasteiger partial charge in [0.25, 0.3) is 0 Å². The molecular formula is C17H27N3O5S. The number of aromatic nitrogens is 1. The highest BCUT2D eigenvalue weighted by Crippen LogP contribution is 2.18. The molecule has 0 amide bonds. The number of oxazole rings is 1. The maximum absolute atomic E-state index is 12.4. The smallest absolute Gasteiger partial charge is 0.408 e. The van der Waals surface area contributed by atoms with Crippen molar-refractivity contribution in [2.24, 2.45) is 0 Å². The molecule has 0 aliphatic carbocycles. The second kappa shape index (κ2) is 9.31. The van der Waals surface area contributed by atoms with Crippen molar-refractivity contribution in [3.8, 4) is 0 Å². The number of hydrogen-bond donors (Lipinski definition) is 1. The summed E-state index contributed by atoms with van der Waals surface area (Å²) in [6.07, 6.45) is 0. The summed E-state index contributed by atoms with van der Waals surface area (Å²) < 4.78 is 39.3. The van der Waals surface area contributed by atoms with Crippen molar-refractivity contribution in [3.63, 3.8) is 0 Å². The molecule has 0 saturated carbocycles. The van der Waals surface area contributed by atoms with Crippen molar-refractivity contribution in [2.45, 2.75) is 32.2 Å². The van der Waals surface area contributed by atoms with E-state index in [1.54, 1.807) is 6.07 Å². The van der Waals surface area contributed by atoms with Crippen LogP contribution < -0.4 is 10.5 Å². The zero-order chi connectivity index (χ0) is 19.2. The van der Waals surface area contributed by atoms with Crippen LogP contribution in [-0.2, 0) is 21.3 Å². The first kappa shape index (κ1) is 20.6. The van der Waals surface area contributed by atoms with Gasteiger partial charge >= 0.3 is 5.76 Å². The summed E-state index contributed by atoms with van der Waals surface area (Å²) in [5.41, 5.74) is 0.839. The maximum atomic E-state index is 12.4. The molecule has 0 saturated heterocycles. The average molecular weight is 385 g/mol. The molecule has 2 aromatic rings. The highest BCUT2D eigenvalue weighted by molar-refractivity contribution is 7.89. The van der Waals surface area contributed by atoms with E-state index in [9.17, 15) is 13.2 Å². The Hall–Kier alpha value is -1.68. The van der Waals surface area contributed by atoms with Crippen molar-refractivity contribution >= 4 is 21.1 Å². The standard InChI is InChI=1S/C17H27N3O5S/c1-4-19(5-2)10-12-24-11-9-18-26(22,23)14-7-8-15-16(13-14)25-17(21)20(15)6-3/h7-8,13,18H,4-6,9-12H2,1-3H3. The van der Waals surface area contributed by atoms with Crippen LogP contribution in [0.15, 0.2) is 32.3 Å². The number of sulfonamides is 1. The van der Waals surface area contributed by atoms with Crippen LogP contribution in [0.25, 0.3) is 11.1 Å². The summed E-state index contributed by atoms with van der Waals surface area (Å²) in [6, 6.07) is 4.42. The molecule has 8 nitrogen and oxygen atoms in total. The summed E-state index contributed by atoms with van der Waals surface area (Å²) in [6.45, 7) is 10.2. The Morgan fingerprint density at radius 3 is 2.58 bits per heavy atom. The molecule has 0 radical (unpaired) electrons. The second-order valence-corrected chi connectivity index (χ2v) is 7.55. The molecule has 0 spiro atoms. The number of ether oxygens (including phenoxy) is 1. The number of rotatable bonds is 11. The molecular weight excluding hydrogens is 358 g/mol. The number of nitrogens with zero attached hydrogens (tertiary/aromatic N) is 2. The molecule has 0 aliphatic rings. The topological polar surface area (TPSA) is 93.8 Å². The van der Waals surface area contributed by atoms with Gasteiger partial charge in [-0.1, -0.05) is 13.8 Å². The van der Waals surface area contributed by atoms with E-state index in [-0.39, 0.29) is 17.0 Å². The van der Waals surface area contributed by atoms with Gasteiger partial charge in [-0.15, -0.1) is 0 Å². The Kier molecular flexibility index (Phi) is 7.39. The number of benzene rings is 1. The lowest BCUT2D eigenvalue weighted by molar-refractivity contribution is 0.111. The summed E-state index contributed by atoms with van der Waals surface area (Å²) in [7, 11) is -3.69. The van der Waals surface area contributed by atoms with E-state index in [0.717, 1.165) is 19.6 Å². The zero-order valence-electron chi connectivity index (χ0n) is 15.5. The van der Waals surface area contributed by atoms with E-state index >= 15 is 0 Å². The monoisotopic (exact) mass is 385 g/mol. The van der Waals surface area contributed by atoms with Gasteiger partial charge in [0.05, 0.1) is 23.6 Å². The van der Waals surface area contributed by atoms with Gasteiger partial charge in [0.15, 0.2) is 5.58 Å². The van der Waals surface area contributed by atoms with Crippen molar-refractivity contribution in [3.05, 3.63) is 28.7 Å². The molecule has 0 atom stereocenters. The minimum atomic E-state index is -3.69. The van der Waals surface area contributed by atoms with Gasteiger partial charge in [0.1, 0.15) is 0 Å². The number of aryl methyl sites for hydroxylation is 1. The van der Waals surface area contributed by atoms with Crippen LogP contribution in [0.1, 0.15) is 20.8 Å². The predicted molar refractivity (Wildman–Crippen MR) is 99.9 cm³/mol. The largest absolute Gasteiger partial charge is 0.419 e. The van der Waals surface area contributed by atoms with Crippen LogP contribution in [0, 0.1) is 0 Å². The van der Waals surface area contributed by atoms with E-state index in [1.807, 2.05) is 6.92 Å². The summed E-state index contributed by atoms with van der Waals surface area (Å²) in [5, 5.41) is 0. The molecule has 0 aliphatic heterocycles. The van der Waals surface area contributed by atoms with Crippen LogP contribution >= 0.6 is 0 Å². The van der Waals surface area contributed by atoms with Crippen LogP contribution in [0.4, 0.5) is 0 Å². The lowest BCUT2D eigenvalue weighted by Gasteiger charge is -2.17. The lowest BCUT2D eigenvalue weighted by atomic mass is 10.3. The summed E-state index contributed by atoms with van der Waals surface area (Å²) in [5.74, 6) is -0.494. The van der Waals surface area contributed by atoms with E-state index in [2.05, 4.69) is 23.5 Å². The number of fused-ring (bicyclic) bond motifs is 1. The zero-order valence-corrected chi connectivity index (χ0v) is 16.3. The van der Waals surface area contributed by atoms with Gasteiger partial charge in [-0.2, -0.15) is 0 Å². The molecule has 0 unspecified atom stereocenters. The minimum absolute atomic E-state index is 0.0603. The van der Waals surface area contributed by atoms with Crippen molar-refractivity contribution in [1.82, 2.24) is 14.2 Å². The fourth-order valence-corrected chi connectivity index (χ4v) is 3.71. The Morgan fingerprint density at radius 1 is 1.19 bits per heavy atom. The average Bonchev–Trinajstić information content (AvgIpc) is 2.95. The second-order valence-electron chi connectivity index (χ2n) is 5.78. The molecule has 1 N–H and O–H groups in total. The Bertz CT molecular complexity index is 868. The van der Waals surface area contributed by atoms with Crippen molar-refractivity contribution < 1.29 is 17.6 Å². The van der Waals surface area contributed by atoms with E-state index in [1.165, 1.54) is 16.7 Å². The third kappa shape index (κ3) is 4.94. The quantitative estimate of drug-likeness (QED) is 0.585. The maximum Gasteiger partial charge on any atom is 0.419 e. The van der Waals surface area contributed by atoms with Gasteiger partial charge in [0.2, 0.25) is 10.0 Å². The van der Waals surface area contributed by atoms with Gasteiger partial charge in [0, 0.05) is 25.7 Å². The molecule has 0 fully saturated rings. The van der Waals surface area contributed by atoms with E-state index in [0.29, 0.717) is 25.3 Å². The highest BCUT2D eigenvalue weighted by atomic mass is 32.2. The van der Waals surface area contributed by atoms with Crippen molar-refractivity contribution in [2.75, 3.05) is 39.4 Å². The van der Waals surface area contributed by atoms with Gasteiger partial charge in [-0.05, 0) is 32.1 Å². The number of hydrogen-bond acceptors (Lipinski definition) is 6. The Balaban J connectivity index is 1.91. The SMILES string of the molecule is CCN(CC)CCOCCNS(=O)(=O)c1ccc2c(c1)oc(=O)n2CC. The summed E-state index contributed by atoms with van der Waals surface area (Å²) >= 11 is 0. The molecule has 146 valence electrons. The molecule has 9 heteroatoms. The van der Waals surface area contributed by atoms with Gasteiger partial charge in [-0.25, -0.2) is 17.9 Å². The highest BCUT2D eigenvalue weighted by Gasteiger charge is 2.17. The molecule has 1 heterocycles. The first-order valence-electron chi connectivity index (χ1n) is 8.86. The molecule has 26 heavy (non-hydrogen) atoms. The van der Waals surface area contributed by atoms with Crippen LogP contribution in [0.3, 0.4) is 0 Å². The van der Waals surface area contributed by atoms with Crippen LogP contribution in [0.2, 0.25) is 0 Å². The molecule has 1 aromatic carbocycles. The predicted octanol–water partition coefficient (Wildman–Crippen LogP) is 1.25. The lowest BCUT2D eigenvalue weighted by Crippen LogP contribution is -2.30. The van der Waals surface area contributed by atoms with Gasteiger partial charge < -0.3 is 14.1 Å². The fraction of sp³-hybridized carbons (Fsp3) is 0.588. The van der Waals surface area contributed by atoms with E-state index in [4.69, 9.17) is 9.15 Å². The normalized spacial score (nSPS) is 12.3. The van der Waals surface area contributed by atoms with Crippen molar-refractivity contribution in [1.29, 1.82) is 0 Å². The Labute approximate surface area is 153 Å². The van der Waals surface area contributed by atoms with Crippen LogP contribution in [-0.4, -0.2) is 57.3 Å². The first-order valence-corrected chi connectivity index (χ1v) is 10.3. The van der Waals surface area contributed by atoms with Gasteiger partial charge in [-0.3, -0.25) is 4.57 Å². The molecule has 2 rings (SSSR count). The molecule has 0 bridgehead atoms. The fourth-order valence-electron chi connectivity index (χ4n) is 2.68.